The molecule has 0 radical (unpaired) electrons. The Bertz CT molecular complexity index is 991. The maximum absolute atomic E-state index is 12.0. The van der Waals surface area contributed by atoms with E-state index in [0.29, 0.717) is 12.5 Å². The van der Waals surface area contributed by atoms with Crippen molar-refractivity contribution in [2.45, 2.75) is 63.5 Å². The molecule has 2 fully saturated rings. The number of pyridine rings is 1. The maximum Gasteiger partial charge on any atom is 0.208 e. The Hall–Kier alpha value is -1.96. The van der Waals surface area contributed by atoms with Gasteiger partial charge in [0.1, 0.15) is 5.82 Å². The second-order valence-electron chi connectivity index (χ2n) is 9.55. The summed E-state index contributed by atoms with van der Waals surface area (Å²) in [6.45, 7) is 4.25. The van der Waals surface area contributed by atoms with Gasteiger partial charge in [-0.25, -0.2) is 18.1 Å². The van der Waals surface area contributed by atoms with Crippen LogP contribution in [-0.4, -0.2) is 51.5 Å². The summed E-state index contributed by atoms with van der Waals surface area (Å²) in [7, 11) is -3.27. The Kier molecular flexibility index (Phi) is 8.04. The molecule has 180 valence electrons. The largest absolute Gasteiger partial charge is 0.378 e. The van der Waals surface area contributed by atoms with Gasteiger partial charge in [0, 0.05) is 31.2 Å². The average molecular weight is 472 g/mol. The number of anilines is 1. The Labute approximate surface area is 198 Å². The highest BCUT2D eigenvalue weighted by Gasteiger charge is 2.33. The van der Waals surface area contributed by atoms with Crippen molar-refractivity contribution in [1.29, 1.82) is 0 Å². The minimum atomic E-state index is -3.27. The maximum atomic E-state index is 12.0. The molecule has 1 unspecified atom stereocenters. The first kappa shape index (κ1) is 24.2. The van der Waals surface area contributed by atoms with Gasteiger partial charge in [-0.15, -0.1) is 0 Å². The Balaban J connectivity index is 1.38. The number of nitrogens with one attached hydrogen (secondary N) is 1. The molecule has 1 aliphatic heterocycles. The summed E-state index contributed by atoms with van der Waals surface area (Å²) in [4.78, 5) is 6.95. The lowest BCUT2D eigenvalue weighted by Gasteiger charge is -2.40. The number of aromatic nitrogens is 1. The van der Waals surface area contributed by atoms with Gasteiger partial charge in [0.25, 0.3) is 0 Å². The lowest BCUT2D eigenvalue weighted by molar-refractivity contribution is -0.00214. The van der Waals surface area contributed by atoms with Gasteiger partial charge in [-0.05, 0) is 61.6 Å². The van der Waals surface area contributed by atoms with Crippen molar-refractivity contribution in [2.75, 3.05) is 30.9 Å². The number of sulfonamides is 1. The molecule has 1 aliphatic carbocycles. The third-order valence-electron chi connectivity index (χ3n) is 7.14. The number of nitrogens with zero attached hydrogens (tertiary/aromatic N) is 2. The summed E-state index contributed by atoms with van der Waals surface area (Å²) >= 11 is 0. The standard InChI is InChI=1S/C26H37N3O3S/c1-3-20-10-7-16-27-26(20)29-17-15-25(28-33(2,30)31)23(18-29)19-32-24-13-11-22(12-14-24)21-8-5-4-6-9-21/h4-10,16,22-25,28H,3,11-15,17-19H2,1-2H3/t22?,23?,24?,25-/m0/s1. The third kappa shape index (κ3) is 6.55. The van der Waals surface area contributed by atoms with Crippen molar-refractivity contribution in [1.82, 2.24) is 9.71 Å². The van der Waals surface area contributed by atoms with E-state index in [1.807, 2.05) is 12.3 Å². The zero-order chi connectivity index (χ0) is 23.3. The lowest BCUT2D eigenvalue weighted by atomic mass is 9.82. The molecule has 0 spiro atoms. The van der Waals surface area contributed by atoms with Gasteiger partial charge in [0.05, 0.1) is 19.0 Å². The van der Waals surface area contributed by atoms with E-state index in [9.17, 15) is 8.42 Å². The van der Waals surface area contributed by atoms with E-state index < -0.39 is 10.0 Å². The zero-order valence-electron chi connectivity index (χ0n) is 19.8. The smallest absolute Gasteiger partial charge is 0.208 e. The minimum absolute atomic E-state index is 0.0898. The molecule has 1 aromatic carbocycles. The van der Waals surface area contributed by atoms with E-state index >= 15 is 0 Å². The molecule has 6 nitrogen and oxygen atoms in total. The normalized spacial score (nSPS) is 26.3. The van der Waals surface area contributed by atoms with Gasteiger partial charge in [0.2, 0.25) is 10.0 Å². The van der Waals surface area contributed by atoms with Crippen LogP contribution >= 0.6 is 0 Å². The van der Waals surface area contributed by atoms with Crippen LogP contribution in [0.1, 0.15) is 56.1 Å². The first-order valence-electron chi connectivity index (χ1n) is 12.3. The van der Waals surface area contributed by atoms with Crippen LogP contribution in [0.3, 0.4) is 0 Å². The molecule has 4 rings (SSSR count). The summed E-state index contributed by atoms with van der Waals surface area (Å²) in [5.41, 5.74) is 2.66. The summed E-state index contributed by atoms with van der Waals surface area (Å²) in [5.74, 6) is 1.73. The zero-order valence-corrected chi connectivity index (χ0v) is 20.6. The fourth-order valence-electron chi connectivity index (χ4n) is 5.36. The Morgan fingerprint density at radius 2 is 1.82 bits per heavy atom. The van der Waals surface area contributed by atoms with E-state index in [1.165, 1.54) is 17.4 Å². The molecular formula is C26H37N3O3S. The molecule has 2 aromatic rings. The monoisotopic (exact) mass is 471 g/mol. The van der Waals surface area contributed by atoms with Gasteiger partial charge in [-0.3, -0.25) is 0 Å². The second-order valence-corrected chi connectivity index (χ2v) is 11.3. The van der Waals surface area contributed by atoms with Crippen LogP contribution in [0.5, 0.6) is 0 Å². The fraction of sp³-hybridized carbons (Fsp3) is 0.577. The van der Waals surface area contributed by atoms with E-state index in [2.05, 4.69) is 57.9 Å². The predicted molar refractivity (Wildman–Crippen MR) is 133 cm³/mol. The van der Waals surface area contributed by atoms with Crippen LogP contribution in [0.15, 0.2) is 48.7 Å². The summed E-state index contributed by atoms with van der Waals surface area (Å²) in [6.07, 6.45) is 9.41. The van der Waals surface area contributed by atoms with Gasteiger partial charge in [-0.2, -0.15) is 0 Å². The average Bonchev–Trinajstić information content (AvgIpc) is 2.83. The quantitative estimate of drug-likeness (QED) is 0.627. The van der Waals surface area contributed by atoms with Crippen molar-refractivity contribution in [3.05, 3.63) is 59.8 Å². The highest BCUT2D eigenvalue weighted by Crippen LogP contribution is 2.34. The molecule has 0 amide bonds. The fourth-order valence-corrected chi connectivity index (χ4v) is 6.22. The summed E-state index contributed by atoms with van der Waals surface area (Å²) in [6, 6.07) is 14.8. The van der Waals surface area contributed by atoms with Crippen LogP contribution in [-0.2, 0) is 21.2 Å². The molecule has 7 heteroatoms. The first-order valence-corrected chi connectivity index (χ1v) is 14.1. The SMILES string of the molecule is CCc1cccnc1N1CC[C@H](NS(C)(=O)=O)C(COC2CCC(c3ccccc3)CC2)C1. The van der Waals surface area contributed by atoms with Crippen molar-refractivity contribution >= 4 is 15.8 Å². The highest BCUT2D eigenvalue weighted by atomic mass is 32.2. The predicted octanol–water partition coefficient (Wildman–Crippen LogP) is 4.13. The molecule has 1 saturated heterocycles. The Morgan fingerprint density at radius 1 is 1.06 bits per heavy atom. The second kappa shape index (κ2) is 11.0. The number of piperidine rings is 1. The van der Waals surface area contributed by atoms with Crippen molar-refractivity contribution in [3.63, 3.8) is 0 Å². The molecule has 0 bridgehead atoms. The molecule has 2 heterocycles. The number of ether oxygens (including phenoxy) is 1. The highest BCUT2D eigenvalue weighted by molar-refractivity contribution is 7.88. The first-order chi connectivity index (χ1) is 15.9. The minimum Gasteiger partial charge on any atom is -0.378 e. The third-order valence-corrected chi connectivity index (χ3v) is 7.87. The molecule has 33 heavy (non-hydrogen) atoms. The van der Waals surface area contributed by atoms with Crippen LogP contribution in [0.25, 0.3) is 0 Å². The van der Waals surface area contributed by atoms with Crippen molar-refractivity contribution in [3.8, 4) is 0 Å². The topological polar surface area (TPSA) is 71.5 Å². The molecule has 2 atom stereocenters. The van der Waals surface area contributed by atoms with Crippen LogP contribution in [0.4, 0.5) is 5.82 Å². The molecule has 1 saturated carbocycles. The Morgan fingerprint density at radius 3 is 2.52 bits per heavy atom. The van der Waals surface area contributed by atoms with E-state index in [-0.39, 0.29) is 18.1 Å². The van der Waals surface area contributed by atoms with Crippen LogP contribution in [0, 0.1) is 5.92 Å². The van der Waals surface area contributed by atoms with Gasteiger partial charge >= 0.3 is 0 Å². The van der Waals surface area contributed by atoms with Crippen molar-refractivity contribution in [2.24, 2.45) is 5.92 Å². The van der Waals surface area contributed by atoms with E-state index in [1.54, 1.807) is 0 Å². The van der Waals surface area contributed by atoms with E-state index in [4.69, 9.17) is 4.74 Å². The van der Waals surface area contributed by atoms with Crippen molar-refractivity contribution < 1.29 is 13.2 Å². The van der Waals surface area contributed by atoms with E-state index in [0.717, 1.165) is 57.4 Å². The number of benzene rings is 1. The van der Waals surface area contributed by atoms with Gasteiger partial charge in [0.15, 0.2) is 0 Å². The van der Waals surface area contributed by atoms with Crippen LogP contribution < -0.4 is 9.62 Å². The molecule has 1 aromatic heterocycles. The molecular weight excluding hydrogens is 434 g/mol. The van der Waals surface area contributed by atoms with Crippen LogP contribution in [0.2, 0.25) is 0 Å². The number of hydrogen-bond acceptors (Lipinski definition) is 5. The summed E-state index contributed by atoms with van der Waals surface area (Å²) < 4.78 is 33.3. The van der Waals surface area contributed by atoms with Gasteiger partial charge < -0.3 is 9.64 Å². The summed E-state index contributed by atoms with van der Waals surface area (Å²) in [5, 5.41) is 0. The molecule has 2 aliphatic rings. The number of hydrogen-bond donors (Lipinski definition) is 1. The van der Waals surface area contributed by atoms with Gasteiger partial charge in [-0.1, -0.05) is 43.3 Å². The number of rotatable bonds is 8. The molecule has 1 N–H and O–H groups in total. The number of aryl methyl sites for hydroxylation is 1. The lowest BCUT2D eigenvalue weighted by Crippen LogP contribution is -2.53.